The van der Waals surface area contributed by atoms with Crippen LogP contribution in [0.5, 0.6) is 5.75 Å². The third-order valence-corrected chi connectivity index (χ3v) is 4.94. The minimum Gasteiger partial charge on any atom is -0.494 e. The first-order valence-electron chi connectivity index (χ1n) is 9.93. The zero-order chi connectivity index (χ0) is 19.5. The summed E-state index contributed by atoms with van der Waals surface area (Å²) < 4.78 is 11.2. The van der Waals surface area contributed by atoms with Gasteiger partial charge in [0.15, 0.2) is 5.82 Å². The molecule has 0 spiro atoms. The Kier molecular flexibility index (Phi) is 5.28. The summed E-state index contributed by atoms with van der Waals surface area (Å²) in [5.41, 5.74) is 3.58. The van der Waals surface area contributed by atoms with Crippen molar-refractivity contribution in [2.45, 2.75) is 46.1 Å². The van der Waals surface area contributed by atoms with E-state index in [0.29, 0.717) is 5.89 Å². The molecular weight excluding hydrogens is 352 g/mol. The first kappa shape index (κ1) is 18.5. The van der Waals surface area contributed by atoms with Crippen LogP contribution in [0.3, 0.4) is 0 Å². The zero-order valence-electron chi connectivity index (χ0n) is 16.7. The van der Waals surface area contributed by atoms with Gasteiger partial charge >= 0.3 is 0 Å². The van der Waals surface area contributed by atoms with Crippen LogP contribution in [0.2, 0.25) is 0 Å². The Morgan fingerprint density at radius 3 is 2.86 bits per heavy atom. The first-order chi connectivity index (χ1) is 13.6. The van der Waals surface area contributed by atoms with Gasteiger partial charge in [0.05, 0.1) is 6.61 Å². The van der Waals surface area contributed by atoms with E-state index in [4.69, 9.17) is 9.26 Å². The minimum absolute atomic E-state index is 0.239. The fourth-order valence-corrected chi connectivity index (χ4v) is 3.35. The number of aromatic nitrogens is 3. The van der Waals surface area contributed by atoms with Crippen LogP contribution in [-0.4, -0.2) is 28.3 Å². The van der Waals surface area contributed by atoms with Crippen molar-refractivity contribution in [1.82, 2.24) is 15.1 Å². The van der Waals surface area contributed by atoms with Crippen molar-refractivity contribution in [3.63, 3.8) is 0 Å². The van der Waals surface area contributed by atoms with Crippen LogP contribution in [0.4, 0.5) is 5.82 Å². The number of hydrogen-bond acceptors (Lipinski definition) is 6. The summed E-state index contributed by atoms with van der Waals surface area (Å²) in [5, 5.41) is 4.06. The van der Waals surface area contributed by atoms with Gasteiger partial charge in [-0.05, 0) is 48.2 Å². The highest BCUT2D eigenvalue weighted by Crippen LogP contribution is 2.29. The van der Waals surface area contributed by atoms with Crippen LogP contribution in [-0.2, 0) is 13.0 Å². The summed E-state index contributed by atoms with van der Waals surface area (Å²) >= 11 is 0. The third-order valence-electron chi connectivity index (χ3n) is 4.94. The summed E-state index contributed by atoms with van der Waals surface area (Å²) in [6.45, 7) is 8.74. The van der Waals surface area contributed by atoms with Gasteiger partial charge in [0.25, 0.3) is 5.89 Å². The predicted molar refractivity (Wildman–Crippen MR) is 109 cm³/mol. The molecule has 0 unspecified atom stereocenters. The van der Waals surface area contributed by atoms with E-state index in [1.54, 1.807) is 6.20 Å². The van der Waals surface area contributed by atoms with E-state index in [2.05, 4.69) is 59.0 Å². The molecule has 1 aliphatic rings. The summed E-state index contributed by atoms with van der Waals surface area (Å²) in [6, 6.07) is 10.4. The Morgan fingerprint density at radius 2 is 2.07 bits per heavy atom. The molecular formula is C22H26N4O2. The zero-order valence-corrected chi connectivity index (χ0v) is 16.7. The van der Waals surface area contributed by atoms with Crippen molar-refractivity contribution in [2.75, 3.05) is 18.1 Å². The van der Waals surface area contributed by atoms with E-state index < -0.39 is 0 Å². The molecule has 0 fully saturated rings. The molecule has 0 saturated heterocycles. The number of benzene rings is 1. The molecule has 6 nitrogen and oxygen atoms in total. The summed E-state index contributed by atoms with van der Waals surface area (Å²) in [7, 11) is 0. The highest BCUT2D eigenvalue weighted by molar-refractivity contribution is 5.59. The number of hydrogen-bond donors (Lipinski definition) is 0. The van der Waals surface area contributed by atoms with Crippen molar-refractivity contribution >= 4 is 5.82 Å². The molecule has 2 aromatic heterocycles. The topological polar surface area (TPSA) is 64.3 Å². The standard InChI is InChI=1S/C22H26N4O2/c1-4-11-27-19-6-5-18-14-26(10-8-16(18)12-19)20-13-17(7-9-23-20)22-24-21(15(2)3)25-28-22/h5-7,9,12-13,15H,4,8,10-11,14H2,1-3H3. The molecule has 1 aliphatic heterocycles. The molecule has 0 bridgehead atoms. The van der Waals surface area contributed by atoms with E-state index in [1.807, 2.05) is 12.1 Å². The van der Waals surface area contributed by atoms with Crippen LogP contribution < -0.4 is 9.64 Å². The second-order valence-electron chi connectivity index (χ2n) is 7.47. The van der Waals surface area contributed by atoms with Crippen LogP contribution in [0.15, 0.2) is 41.1 Å². The van der Waals surface area contributed by atoms with E-state index in [-0.39, 0.29) is 5.92 Å². The fourth-order valence-electron chi connectivity index (χ4n) is 3.35. The second kappa shape index (κ2) is 8.00. The van der Waals surface area contributed by atoms with Gasteiger partial charge in [-0.25, -0.2) is 4.98 Å². The van der Waals surface area contributed by atoms with Crippen molar-refractivity contribution in [1.29, 1.82) is 0 Å². The minimum atomic E-state index is 0.239. The monoisotopic (exact) mass is 378 g/mol. The van der Waals surface area contributed by atoms with Crippen LogP contribution in [0.25, 0.3) is 11.5 Å². The maximum absolute atomic E-state index is 5.77. The van der Waals surface area contributed by atoms with E-state index in [9.17, 15) is 0 Å². The maximum Gasteiger partial charge on any atom is 0.258 e. The Bertz CT molecular complexity index is 951. The average molecular weight is 378 g/mol. The second-order valence-corrected chi connectivity index (χ2v) is 7.47. The Morgan fingerprint density at radius 1 is 1.18 bits per heavy atom. The highest BCUT2D eigenvalue weighted by Gasteiger charge is 2.19. The number of anilines is 1. The van der Waals surface area contributed by atoms with Gasteiger partial charge in [0, 0.05) is 30.8 Å². The smallest absolute Gasteiger partial charge is 0.258 e. The maximum atomic E-state index is 5.77. The molecule has 3 aromatic rings. The Labute approximate surface area is 165 Å². The van der Waals surface area contributed by atoms with Crippen molar-refractivity contribution in [2.24, 2.45) is 0 Å². The lowest BCUT2D eigenvalue weighted by Crippen LogP contribution is -2.31. The van der Waals surface area contributed by atoms with E-state index >= 15 is 0 Å². The number of fused-ring (bicyclic) bond motifs is 1. The van der Waals surface area contributed by atoms with Crippen LogP contribution in [0.1, 0.15) is 50.1 Å². The van der Waals surface area contributed by atoms with Crippen molar-refractivity contribution in [3.05, 3.63) is 53.5 Å². The fraction of sp³-hybridized carbons (Fsp3) is 0.409. The first-order valence-corrected chi connectivity index (χ1v) is 9.93. The quantitative estimate of drug-likeness (QED) is 0.624. The normalized spacial score (nSPS) is 13.6. The SMILES string of the molecule is CCCOc1ccc2c(c1)CCN(c1cc(-c3nc(C(C)C)no3)ccn1)C2. The molecule has 146 valence electrons. The molecule has 0 atom stereocenters. The molecule has 0 radical (unpaired) electrons. The molecule has 0 saturated carbocycles. The van der Waals surface area contributed by atoms with Crippen LogP contribution >= 0.6 is 0 Å². The van der Waals surface area contributed by atoms with Crippen LogP contribution in [0, 0.1) is 0 Å². The summed E-state index contributed by atoms with van der Waals surface area (Å²) in [6.07, 6.45) is 3.80. The average Bonchev–Trinajstić information content (AvgIpc) is 3.22. The Balaban J connectivity index is 1.52. The summed E-state index contributed by atoms with van der Waals surface area (Å²) in [4.78, 5) is 11.4. The highest BCUT2D eigenvalue weighted by atomic mass is 16.5. The number of pyridine rings is 1. The molecule has 0 amide bonds. The molecule has 28 heavy (non-hydrogen) atoms. The molecule has 1 aromatic carbocycles. The number of rotatable bonds is 6. The van der Waals surface area contributed by atoms with E-state index in [0.717, 1.165) is 55.5 Å². The Hall–Kier alpha value is -2.89. The van der Waals surface area contributed by atoms with Gasteiger partial charge in [0.1, 0.15) is 11.6 Å². The van der Waals surface area contributed by atoms with Gasteiger partial charge in [-0.2, -0.15) is 4.98 Å². The lowest BCUT2D eigenvalue weighted by atomic mass is 9.99. The molecule has 4 rings (SSSR count). The van der Waals surface area contributed by atoms with Crippen molar-refractivity contribution < 1.29 is 9.26 Å². The lowest BCUT2D eigenvalue weighted by Gasteiger charge is -2.30. The molecule has 0 N–H and O–H groups in total. The largest absolute Gasteiger partial charge is 0.494 e. The number of nitrogens with zero attached hydrogens (tertiary/aromatic N) is 4. The summed E-state index contributed by atoms with van der Waals surface area (Å²) in [5.74, 6) is 3.40. The molecule has 6 heteroatoms. The number of ether oxygens (including phenoxy) is 1. The molecule has 0 aliphatic carbocycles. The van der Waals surface area contributed by atoms with Gasteiger partial charge in [0.2, 0.25) is 0 Å². The van der Waals surface area contributed by atoms with Gasteiger partial charge in [-0.3, -0.25) is 0 Å². The van der Waals surface area contributed by atoms with Crippen molar-refractivity contribution in [3.8, 4) is 17.2 Å². The third kappa shape index (κ3) is 3.86. The predicted octanol–water partition coefficient (Wildman–Crippen LogP) is 4.61. The van der Waals surface area contributed by atoms with Gasteiger partial charge in [-0.15, -0.1) is 0 Å². The lowest BCUT2D eigenvalue weighted by molar-refractivity contribution is 0.317. The van der Waals surface area contributed by atoms with Gasteiger partial charge in [-0.1, -0.05) is 32.0 Å². The molecule has 3 heterocycles. The van der Waals surface area contributed by atoms with E-state index in [1.165, 1.54) is 11.1 Å². The van der Waals surface area contributed by atoms with Gasteiger partial charge < -0.3 is 14.2 Å².